The number of rotatable bonds is 8. The molecule has 2 aromatic carbocycles. The van der Waals surface area contributed by atoms with Crippen molar-refractivity contribution in [2.45, 2.75) is 31.2 Å². The molecule has 1 aliphatic heterocycles. The molecule has 1 saturated heterocycles. The van der Waals surface area contributed by atoms with E-state index in [1.54, 1.807) is 11.8 Å². The van der Waals surface area contributed by atoms with E-state index >= 15 is 0 Å². The van der Waals surface area contributed by atoms with Crippen molar-refractivity contribution in [2.75, 3.05) is 24.2 Å². The average Bonchev–Trinajstić information content (AvgIpc) is 2.73. The predicted octanol–water partition coefficient (Wildman–Crippen LogP) is 3.75. The molecule has 5 nitrogen and oxygen atoms in total. The molecule has 0 bridgehead atoms. The SMILES string of the molecule is CC(CSc1ccccc1)C(=O)Nc1cccc(CN2CCC(C(N)=O)CC2)c1. The van der Waals surface area contributed by atoms with E-state index in [1.807, 2.05) is 43.3 Å². The van der Waals surface area contributed by atoms with Crippen LogP contribution in [-0.4, -0.2) is 35.6 Å². The van der Waals surface area contributed by atoms with E-state index in [4.69, 9.17) is 5.73 Å². The molecule has 0 saturated carbocycles. The Morgan fingerprint density at radius 1 is 1.14 bits per heavy atom. The predicted molar refractivity (Wildman–Crippen MR) is 119 cm³/mol. The standard InChI is InChI=1S/C23H29N3O2S/c1-17(16-29-21-8-3-2-4-9-21)23(28)25-20-7-5-6-18(14-20)15-26-12-10-19(11-13-26)22(24)27/h2-9,14,17,19H,10-13,15-16H2,1H3,(H2,24,27)(H,25,28). The van der Waals surface area contributed by atoms with Gasteiger partial charge in [-0.15, -0.1) is 11.8 Å². The first-order valence-corrected chi connectivity index (χ1v) is 11.1. The van der Waals surface area contributed by atoms with Crippen molar-refractivity contribution in [1.29, 1.82) is 0 Å². The van der Waals surface area contributed by atoms with Crippen molar-refractivity contribution in [3.63, 3.8) is 0 Å². The van der Waals surface area contributed by atoms with Gasteiger partial charge in [-0.05, 0) is 55.8 Å². The number of hydrogen-bond donors (Lipinski definition) is 2. The number of benzene rings is 2. The van der Waals surface area contributed by atoms with Gasteiger partial charge in [0.1, 0.15) is 0 Å². The second kappa shape index (κ2) is 10.5. The maximum absolute atomic E-state index is 12.6. The number of likely N-dealkylation sites (tertiary alicyclic amines) is 1. The molecule has 1 atom stereocenters. The van der Waals surface area contributed by atoms with Crippen LogP contribution in [0.25, 0.3) is 0 Å². The van der Waals surface area contributed by atoms with Crippen molar-refractivity contribution in [3.8, 4) is 0 Å². The first kappa shape index (κ1) is 21.4. The fourth-order valence-electron chi connectivity index (χ4n) is 3.46. The van der Waals surface area contributed by atoms with Gasteiger partial charge in [0.05, 0.1) is 0 Å². The van der Waals surface area contributed by atoms with Gasteiger partial charge in [-0.25, -0.2) is 0 Å². The molecule has 1 unspecified atom stereocenters. The zero-order chi connectivity index (χ0) is 20.6. The zero-order valence-corrected chi connectivity index (χ0v) is 17.7. The number of primary amides is 1. The number of piperidine rings is 1. The Labute approximate surface area is 177 Å². The molecule has 0 aromatic heterocycles. The highest BCUT2D eigenvalue weighted by atomic mass is 32.2. The van der Waals surface area contributed by atoms with Gasteiger partial charge < -0.3 is 11.1 Å². The highest BCUT2D eigenvalue weighted by Crippen LogP contribution is 2.22. The molecular formula is C23H29N3O2S. The molecule has 29 heavy (non-hydrogen) atoms. The third-order valence-electron chi connectivity index (χ3n) is 5.28. The fourth-order valence-corrected chi connectivity index (χ4v) is 4.40. The van der Waals surface area contributed by atoms with Gasteiger partial charge in [0, 0.05) is 34.7 Å². The van der Waals surface area contributed by atoms with Gasteiger partial charge in [0.15, 0.2) is 0 Å². The first-order valence-electron chi connectivity index (χ1n) is 10.1. The first-order chi connectivity index (χ1) is 14.0. The monoisotopic (exact) mass is 411 g/mol. The van der Waals surface area contributed by atoms with Crippen LogP contribution >= 0.6 is 11.8 Å². The van der Waals surface area contributed by atoms with Crippen LogP contribution in [0.3, 0.4) is 0 Å². The third kappa shape index (κ3) is 6.61. The number of nitrogens with one attached hydrogen (secondary N) is 1. The molecule has 154 valence electrons. The smallest absolute Gasteiger partial charge is 0.228 e. The van der Waals surface area contributed by atoms with Gasteiger partial charge in [-0.2, -0.15) is 0 Å². The molecule has 6 heteroatoms. The van der Waals surface area contributed by atoms with Crippen LogP contribution in [0.15, 0.2) is 59.5 Å². The minimum absolute atomic E-state index is 0.00659. The lowest BCUT2D eigenvalue weighted by Crippen LogP contribution is -2.38. The van der Waals surface area contributed by atoms with E-state index in [1.165, 1.54) is 4.90 Å². The average molecular weight is 412 g/mol. The lowest BCUT2D eigenvalue weighted by atomic mass is 9.96. The third-order valence-corrected chi connectivity index (χ3v) is 6.55. The molecule has 1 heterocycles. The lowest BCUT2D eigenvalue weighted by molar-refractivity contribution is -0.123. The number of anilines is 1. The Kier molecular flexibility index (Phi) is 7.72. The molecule has 1 fully saturated rings. The molecule has 2 amide bonds. The second-order valence-electron chi connectivity index (χ2n) is 7.67. The highest BCUT2D eigenvalue weighted by molar-refractivity contribution is 7.99. The van der Waals surface area contributed by atoms with Gasteiger partial charge in [-0.1, -0.05) is 37.3 Å². The highest BCUT2D eigenvalue weighted by Gasteiger charge is 2.23. The Hall–Kier alpha value is -2.31. The summed E-state index contributed by atoms with van der Waals surface area (Å²) in [6, 6.07) is 18.1. The summed E-state index contributed by atoms with van der Waals surface area (Å²) in [6.07, 6.45) is 1.64. The van der Waals surface area contributed by atoms with Crippen LogP contribution in [-0.2, 0) is 16.1 Å². The van der Waals surface area contributed by atoms with Crippen molar-refractivity contribution < 1.29 is 9.59 Å². The summed E-state index contributed by atoms with van der Waals surface area (Å²) in [7, 11) is 0. The Balaban J connectivity index is 1.48. The van der Waals surface area contributed by atoms with Crippen LogP contribution in [0.2, 0.25) is 0 Å². The van der Waals surface area contributed by atoms with E-state index in [0.29, 0.717) is 0 Å². The van der Waals surface area contributed by atoms with E-state index in [0.717, 1.165) is 49.5 Å². The summed E-state index contributed by atoms with van der Waals surface area (Å²) < 4.78 is 0. The van der Waals surface area contributed by atoms with E-state index in [-0.39, 0.29) is 23.7 Å². The number of thioether (sulfide) groups is 1. The van der Waals surface area contributed by atoms with Gasteiger partial charge in [-0.3, -0.25) is 14.5 Å². The van der Waals surface area contributed by atoms with Crippen molar-refractivity contribution in [1.82, 2.24) is 4.90 Å². The second-order valence-corrected chi connectivity index (χ2v) is 8.76. The molecule has 0 aliphatic carbocycles. The normalized spacial score (nSPS) is 16.3. The van der Waals surface area contributed by atoms with E-state index in [2.05, 4.69) is 28.4 Å². The molecular weight excluding hydrogens is 382 g/mol. The summed E-state index contributed by atoms with van der Waals surface area (Å²) >= 11 is 1.70. The van der Waals surface area contributed by atoms with Crippen LogP contribution < -0.4 is 11.1 Å². The van der Waals surface area contributed by atoms with Gasteiger partial charge >= 0.3 is 0 Å². The van der Waals surface area contributed by atoms with Crippen LogP contribution in [0, 0.1) is 11.8 Å². The molecule has 3 N–H and O–H groups in total. The number of carbonyl (C=O) groups excluding carboxylic acids is 2. The summed E-state index contributed by atoms with van der Waals surface area (Å²) in [5.41, 5.74) is 7.40. The number of carbonyl (C=O) groups is 2. The Bertz CT molecular complexity index is 820. The van der Waals surface area contributed by atoms with E-state index < -0.39 is 0 Å². The van der Waals surface area contributed by atoms with Crippen LogP contribution in [0.5, 0.6) is 0 Å². The number of hydrogen-bond acceptors (Lipinski definition) is 4. The van der Waals surface area contributed by atoms with E-state index in [9.17, 15) is 9.59 Å². The molecule has 1 aliphatic rings. The summed E-state index contributed by atoms with van der Waals surface area (Å²) in [5.74, 6) is 0.509. The van der Waals surface area contributed by atoms with Crippen molar-refractivity contribution in [3.05, 3.63) is 60.2 Å². The quantitative estimate of drug-likeness (QED) is 0.649. The maximum Gasteiger partial charge on any atom is 0.228 e. The van der Waals surface area contributed by atoms with Gasteiger partial charge in [0.2, 0.25) is 11.8 Å². The summed E-state index contributed by atoms with van der Waals surface area (Å²) in [5, 5.41) is 3.05. The molecule has 0 spiro atoms. The largest absolute Gasteiger partial charge is 0.369 e. The summed E-state index contributed by atoms with van der Waals surface area (Å²) in [6.45, 7) is 4.52. The number of nitrogens with two attached hydrogens (primary N) is 1. The molecule has 2 aromatic rings. The maximum atomic E-state index is 12.6. The minimum Gasteiger partial charge on any atom is -0.369 e. The van der Waals surface area contributed by atoms with Crippen LogP contribution in [0.4, 0.5) is 5.69 Å². The van der Waals surface area contributed by atoms with Crippen molar-refractivity contribution in [2.24, 2.45) is 17.6 Å². The zero-order valence-electron chi connectivity index (χ0n) is 16.8. The van der Waals surface area contributed by atoms with Gasteiger partial charge in [0.25, 0.3) is 0 Å². The molecule has 0 radical (unpaired) electrons. The topological polar surface area (TPSA) is 75.4 Å². The summed E-state index contributed by atoms with van der Waals surface area (Å²) in [4.78, 5) is 27.4. The van der Waals surface area contributed by atoms with Crippen molar-refractivity contribution >= 4 is 29.3 Å². The number of amides is 2. The Morgan fingerprint density at radius 3 is 2.55 bits per heavy atom. The number of nitrogens with zero attached hydrogens (tertiary/aromatic N) is 1. The minimum atomic E-state index is -0.186. The fraction of sp³-hybridized carbons (Fsp3) is 0.391. The molecule has 3 rings (SSSR count). The lowest BCUT2D eigenvalue weighted by Gasteiger charge is -2.30. The van der Waals surface area contributed by atoms with Crippen LogP contribution in [0.1, 0.15) is 25.3 Å². The Morgan fingerprint density at radius 2 is 1.86 bits per heavy atom.